The number of esters is 1. The lowest BCUT2D eigenvalue weighted by Gasteiger charge is -2.02. The summed E-state index contributed by atoms with van der Waals surface area (Å²) in [6.07, 6.45) is 2.88. The van der Waals surface area contributed by atoms with Crippen LogP contribution in [0.2, 0.25) is 0 Å². The third-order valence-electron chi connectivity index (χ3n) is 1.85. The van der Waals surface area contributed by atoms with Crippen molar-refractivity contribution in [2.75, 3.05) is 13.2 Å². The molecule has 4 nitrogen and oxygen atoms in total. The Morgan fingerprint density at radius 2 is 2.35 bits per heavy atom. The smallest absolute Gasteiger partial charge is 0.330 e. The highest BCUT2D eigenvalue weighted by Gasteiger charge is 1.95. The normalized spacial score (nSPS) is 9.88. The summed E-state index contributed by atoms with van der Waals surface area (Å²) in [6, 6.07) is 8.84. The first-order chi connectivity index (χ1) is 8.26. The average Bonchev–Trinajstić information content (AvgIpc) is 2.35. The molecule has 0 aliphatic carbocycles. The number of nitriles is 1. The standard InChI is InChI=1S/C13H13NO3/c1-2-16-13(15)7-4-8-17-12-6-3-5-11(9-12)10-14/h3-7,9H,2,8H2,1H3/b7-4+. The summed E-state index contributed by atoms with van der Waals surface area (Å²) < 4.78 is 10.0. The van der Waals surface area contributed by atoms with E-state index in [9.17, 15) is 4.79 Å². The van der Waals surface area contributed by atoms with Crippen LogP contribution in [0.3, 0.4) is 0 Å². The zero-order chi connectivity index (χ0) is 12.5. The fraction of sp³-hybridized carbons (Fsp3) is 0.231. The molecule has 1 rings (SSSR count). The van der Waals surface area contributed by atoms with E-state index in [1.54, 1.807) is 37.3 Å². The van der Waals surface area contributed by atoms with E-state index in [0.29, 0.717) is 17.9 Å². The molecule has 0 aliphatic heterocycles. The Morgan fingerprint density at radius 3 is 3.06 bits per heavy atom. The summed E-state index contributed by atoms with van der Waals surface area (Å²) in [5.74, 6) is 0.208. The predicted molar refractivity (Wildman–Crippen MR) is 62.4 cm³/mol. The van der Waals surface area contributed by atoms with Crippen molar-refractivity contribution in [3.63, 3.8) is 0 Å². The van der Waals surface area contributed by atoms with Crippen LogP contribution in [-0.2, 0) is 9.53 Å². The van der Waals surface area contributed by atoms with Gasteiger partial charge in [-0.25, -0.2) is 4.79 Å². The van der Waals surface area contributed by atoms with E-state index in [2.05, 4.69) is 0 Å². The molecule has 0 bridgehead atoms. The number of hydrogen-bond donors (Lipinski definition) is 0. The van der Waals surface area contributed by atoms with Crippen molar-refractivity contribution in [3.05, 3.63) is 42.0 Å². The maximum atomic E-state index is 10.9. The second-order valence-electron chi connectivity index (χ2n) is 3.11. The second kappa shape index (κ2) is 7.07. The van der Waals surface area contributed by atoms with Gasteiger partial charge in [0.1, 0.15) is 12.4 Å². The minimum Gasteiger partial charge on any atom is -0.489 e. The summed E-state index contributed by atoms with van der Waals surface area (Å²) in [4.78, 5) is 10.9. The number of nitrogens with zero attached hydrogens (tertiary/aromatic N) is 1. The SMILES string of the molecule is CCOC(=O)/C=C/COc1cccc(C#N)c1. The van der Waals surface area contributed by atoms with E-state index in [4.69, 9.17) is 14.7 Å². The molecule has 0 N–H and O–H groups in total. The van der Waals surface area contributed by atoms with Crippen LogP contribution in [0.15, 0.2) is 36.4 Å². The molecule has 1 aromatic carbocycles. The van der Waals surface area contributed by atoms with Crippen LogP contribution in [0, 0.1) is 11.3 Å². The summed E-state index contributed by atoms with van der Waals surface area (Å²) in [5, 5.41) is 8.68. The van der Waals surface area contributed by atoms with Crippen LogP contribution >= 0.6 is 0 Å². The molecular formula is C13H13NO3. The van der Waals surface area contributed by atoms with Crippen molar-refractivity contribution in [1.82, 2.24) is 0 Å². The highest BCUT2D eigenvalue weighted by atomic mass is 16.5. The fourth-order valence-corrected chi connectivity index (χ4v) is 1.13. The van der Waals surface area contributed by atoms with Gasteiger partial charge in [-0.15, -0.1) is 0 Å². The van der Waals surface area contributed by atoms with E-state index in [0.717, 1.165) is 0 Å². The van der Waals surface area contributed by atoms with Crippen molar-refractivity contribution < 1.29 is 14.3 Å². The van der Waals surface area contributed by atoms with Gasteiger partial charge in [-0.1, -0.05) is 6.07 Å². The molecule has 17 heavy (non-hydrogen) atoms. The Hall–Kier alpha value is -2.28. The van der Waals surface area contributed by atoms with E-state index >= 15 is 0 Å². The Kier molecular flexibility index (Phi) is 5.32. The minimum absolute atomic E-state index is 0.258. The van der Waals surface area contributed by atoms with Crippen LogP contribution in [0.25, 0.3) is 0 Å². The predicted octanol–water partition coefficient (Wildman–Crippen LogP) is 2.06. The molecular weight excluding hydrogens is 218 g/mol. The maximum Gasteiger partial charge on any atom is 0.330 e. The highest BCUT2D eigenvalue weighted by molar-refractivity contribution is 5.81. The van der Waals surface area contributed by atoms with Crippen LogP contribution in [0.5, 0.6) is 5.75 Å². The molecule has 0 unspecified atom stereocenters. The molecule has 0 aliphatic rings. The van der Waals surface area contributed by atoms with Gasteiger partial charge in [0.2, 0.25) is 0 Å². The monoisotopic (exact) mass is 231 g/mol. The lowest BCUT2D eigenvalue weighted by molar-refractivity contribution is -0.137. The zero-order valence-corrected chi connectivity index (χ0v) is 9.55. The molecule has 0 saturated heterocycles. The third kappa shape index (κ3) is 4.85. The molecule has 0 radical (unpaired) electrons. The van der Waals surface area contributed by atoms with E-state index in [-0.39, 0.29) is 12.6 Å². The molecule has 0 saturated carbocycles. The van der Waals surface area contributed by atoms with E-state index in [1.807, 2.05) is 6.07 Å². The topological polar surface area (TPSA) is 59.3 Å². The van der Waals surface area contributed by atoms with E-state index < -0.39 is 0 Å². The minimum atomic E-state index is -0.387. The van der Waals surface area contributed by atoms with Gasteiger partial charge >= 0.3 is 5.97 Å². The number of ether oxygens (including phenoxy) is 2. The summed E-state index contributed by atoms with van der Waals surface area (Å²) >= 11 is 0. The third-order valence-corrected chi connectivity index (χ3v) is 1.85. The lowest BCUT2D eigenvalue weighted by atomic mass is 10.2. The highest BCUT2D eigenvalue weighted by Crippen LogP contribution is 2.12. The number of benzene rings is 1. The number of carbonyl (C=O) groups is 1. The van der Waals surface area contributed by atoms with Gasteiger partial charge in [-0.2, -0.15) is 5.26 Å². The first-order valence-corrected chi connectivity index (χ1v) is 5.22. The average molecular weight is 231 g/mol. The maximum absolute atomic E-state index is 10.9. The number of rotatable bonds is 5. The molecule has 0 atom stereocenters. The number of hydrogen-bond acceptors (Lipinski definition) is 4. The van der Waals surface area contributed by atoms with Gasteiger partial charge < -0.3 is 9.47 Å². The molecule has 4 heteroatoms. The van der Waals surface area contributed by atoms with Crippen molar-refractivity contribution >= 4 is 5.97 Å². The van der Waals surface area contributed by atoms with Gasteiger partial charge in [0, 0.05) is 6.08 Å². The van der Waals surface area contributed by atoms with Crippen molar-refractivity contribution in [2.45, 2.75) is 6.92 Å². The Bertz CT molecular complexity index is 446. The Morgan fingerprint density at radius 1 is 1.53 bits per heavy atom. The van der Waals surface area contributed by atoms with E-state index in [1.165, 1.54) is 6.08 Å². The Labute approximate surface area is 100 Å². The summed E-state index contributed by atoms with van der Waals surface area (Å²) in [5.41, 5.74) is 0.539. The largest absolute Gasteiger partial charge is 0.489 e. The van der Waals surface area contributed by atoms with Crippen LogP contribution in [0.1, 0.15) is 12.5 Å². The molecule has 0 spiro atoms. The van der Waals surface area contributed by atoms with Gasteiger partial charge in [-0.05, 0) is 31.2 Å². The fourth-order valence-electron chi connectivity index (χ4n) is 1.13. The van der Waals surface area contributed by atoms with Crippen LogP contribution in [-0.4, -0.2) is 19.2 Å². The molecule has 0 amide bonds. The van der Waals surface area contributed by atoms with Crippen LogP contribution in [0.4, 0.5) is 0 Å². The molecule has 0 fully saturated rings. The first kappa shape index (κ1) is 12.8. The van der Waals surface area contributed by atoms with Crippen molar-refractivity contribution in [1.29, 1.82) is 5.26 Å². The van der Waals surface area contributed by atoms with Crippen molar-refractivity contribution in [2.24, 2.45) is 0 Å². The van der Waals surface area contributed by atoms with Gasteiger partial charge in [0.15, 0.2) is 0 Å². The molecule has 1 aromatic rings. The summed E-state index contributed by atoms with van der Waals surface area (Å²) in [7, 11) is 0. The van der Waals surface area contributed by atoms with Gasteiger partial charge in [0.05, 0.1) is 18.2 Å². The second-order valence-corrected chi connectivity index (χ2v) is 3.11. The molecule has 0 heterocycles. The molecule has 0 aromatic heterocycles. The first-order valence-electron chi connectivity index (χ1n) is 5.22. The van der Waals surface area contributed by atoms with Crippen molar-refractivity contribution in [3.8, 4) is 11.8 Å². The Balaban J connectivity index is 2.41. The van der Waals surface area contributed by atoms with Crippen LogP contribution < -0.4 is 4.74 Å². The summed E-state index contributed by atoms with van der Waals surface area (Å²) in [6.45, 7) is 2.36. The zero-order valence-electron chi connectivity index (χ0n) is 9.55. The quantitative estimate of drug-likeness (QED) is 0.575. The lowest BCUT2D eigenvalue weighted by Crippen LogP contribution is -2.00. The number of carbonyl (C=O) groups excluding carboxylic acids is 1. The molecule has 88 valence electrons. The van der Waals surface area contributed by atoms with Gasteiger partial charge in [0.25, 0.3) is 0 Å². The van der Waals surface area contributed by atoms with Gasteiger partial charge in [-0.3, -0.25) is 0 Å².